The molecule has 0 radical (unpaired) electrons. The molecule has 0 aliphatic carbocycles. The number of benzene rings is 3. The normalized spacial score (nSPS) is 12.0. The Morgan fingerprint density at radius 2 is 1.63 bits per heavy atom. The number of fused-ring (bicyclic) bond motifs is 6. The topological polar surface area (TPSA) is 38.5 Å². The van der Waals surface area contributed by atoms with Gasteiger partial charge in [-0.3, -0.25) is 0 Å². The molecule has 0 saturated heterocycles. The third kappa shape index (κ3) is 2.01. The van der Waals surface area contributed by atoms with E-state index in [2.05, 4.69) is 79.8 Å². The Labute approximate surface area is 155 Å². The average molecular weight is 350 g/mol. The van der Waals surface area contributed by atoms with Crippen LogP contribution in [-0.2, 0) is 13.6 Å². The van der Waals surface area contributed by atoms with E-state index < -0.39 is 0 Å². The summed E-state index contributed by atoms with van der Waals surface area (Å²) in [5.74, 6) is 1.05. The molecule has 4 heteroatoms. The predicted molar refractivity (Wildman–Crippen MR) is 111 cm³/mol. The highest BCUT2D eigenvalue weighted by Crippen LogP contribution is 2.35. The van der Waals surface area contributed by atoms with E-state index in [4.69, 9.17) is 0 Å². The van der Waals surface area contributed by atoms with Crippen LogP contribution in [0.3, 0.4) is 0 Å². The van der Waals surface area contributed by atoms with Crippen LogP contribution < -0.4 is 0 Å². The second kappa shape index (κ2) is 5.24. The minimum Gasteiger partial charge on any atom is -0.354 e. The Kier molecular flexibility index (Phi) is 2.84. The number of para-hydroxylation sites is 2. The molecule has 0 bridgehead atoms. The number of nitrogens with one attached hydrogen (secondary N) is 1. The lowest BCUT2D eigenvalue weighted by atomic mass is 10.1. The molecule has 0 fully saturated rings. The van der Waals surface area contributed by atoms with Crippen molar-refractivity contribution in [2.75, 3.05) is 0 Å². The largest absolute Gasteiger partial charge is 0.354 e. The zero-order valence-electron chi connectivity index (χ0n) is 15.0. The monoisotopic (exact) mass is 350 g/mol. The van der Waals surface area contributed by atoms with E-state index in [0.29, 0.717) is 0 Å². The van der Waals surface area contributed by atoms with Gasteiger partial charge in [0.05, 0.1) is 12.1 Å². The standard InChI is InChI=1S/C23H18N4/c1-26-11-10-24-23(26)14-27-21-9-5-3-7-16(21)18-12-20-17(13-22(18)27)15-6-2-4-8-19(15)25-20/h2-13,25H,14H2,1H3. The van der Waals surface area contributed by atoms with Crippen LogP contribution in [0.1, 0.15) is 5.82 Å². The minimum atomic E-state index is 0.751. The summed E-state index contributed by atoms with van der Waals surface area (Å²) in [6.45, 7) is 0.751. The Morgan fingerprint density at radius 3 is 2.48 bits per heavy atom. The van der Waals surface area contributed by atoms with Crippen LogP contribution in [0.2, 0.25) is 0 Å². The van der Waals surface area contributed by atoms with Crippen LogP contribution >= 0.6 is 0 Å². The Hall–Kier alpha value is -3.53. The van der Waals surface area contributed by atoms with Gasteiger partial charge < -0.3 is 14.1 Å². The first-order valence-corrected chi connectivity index (χ1v) is 9.17. The van der Waals surface area contributed by atoms with Crippen molar-refractivity contribution in [1.82, 2.24) is 19.1 Å². The summed E-state index contributed by atoms with van der Waals surface area (Å²) < 4.78 is 4.47. The summed E-state index contributed by atoms with van der Waals surface area (Å²) in [6, 6.07) is 21.8. The number of rotatable bonds is 2. The SMILES string of the molecule is Cn1ccnc1Cn1c2ccccc2c2cc3[nH]c4ccccc4c3cc21. The molecule has 6 aromatic rings. The van der Waals surface area contributed by atoms with E-state index >= 15 is 0 Å². The zero-order valence-corrected chi connectivity index (χ0v) is 15.0. The highest BCUT2D eigenvalue weighted by Gasteiger charge is 2.15. The van der Waals surface area contributed by atoms with Crippen molar-refractivity contribution in [3.05, 3.63) is 78.9 Å². The molecule has 0 atom stereocenters. The molecule has 0 unspecified atom stereocenters. The Bertz CT molecular complexity index is 1460. The molecule has 3 heterocycles. The van der Waals surface area contributed by atoms with E-state index in [1.54, 1.807) is 0 Å². The van der Waals surface area contributed by atoms with Crippen molar-refractivity contribution < 1.29 is 0 Å². The van der Waals surface area contributed by atoms with Gasteiger partial charge in [0.25, 0.3) is 0 Å². The molecule has 130 valence electrons. The lowest BCUT2D eigenvalue weighted by Crippen LogP contribution is -2.05. The van der Waals surface area contributed by atoms with Crippen LogP contribution in [0.15, 0.2) is 73.1 Å². The molecule has 6 rings (SSSR count). The summed E-state index contributed by atoms with van der Waals surface area (Å²) in [5, 5.41) is 5.09. The fourth-order valence-electron chi connectivity index (χ4n) is 4.25. The third-order valence-corrected chi connectivity index (χ3v) is 5.62. The molecule has 0 aliphatic heterocycles. The van der Waals surface area contributed by atoms with E-state index in [-0.39, 0.29) is 0 Å². The fourth-order valence-corrected chi connectivity index (χ4v) is 4.25. The maximum atomic E-state index is 4.54. The predicted octanol–water partition coefficient (Wildman–Crippen LogP) is 5.21. The van der Waals surface area contributed by atoms with Crippen molar-refractivity contribution in [3.8, 4) is 0 Å². The smallest absolute Gasteiger partial charge is 0.128 e. The van der Waals surface area contributed by atoms with Gasteiger partial charge in [0, 0.05) is 57.5 Å². The minimum absolute atomic E-state index is 0.751. The van der Waals surface area contributed by atoms with E-state index in [1.807, 2.05) is 19.4 Å². The first kappa shape index (κ1) is 14.6. The van der Waals surface area contributed by atoms with Gasteiger partial charge >= 0.3 is 0 Å². The maximum Gasteiger partial charge on any atom is 0.128 e. The van der Waals surface area contributed by atoms with E-state index in [0.717, 1.165) is 12.4 Å². The highest BCUT2D eigenvalue weighted by atomic mass is 15.1. The number of imidazole rings is 1. The van der Waals surface area contributed by atoms with Crippen molar-refractivity contribution in [3.63, 3.8) is 0 Å². The zero-order chi connectivity index (χ0) is 18.0. The Balaban J connectivity index is 1.74. The van der Waals surface area contributed by atoms with Gasteiger partial charge in [0.1, 0.15) is 5.82 Å². The van der Waals surface area contributed by atoms with E-state index in [9.17, 15) is 0 Å². The van der Waals surface area contributed by atoms with Gasteiger partial charge in [-0.2, -0.15) is 0 Å². The number of hydrogen-bond acceptors (Lipinski definition) is 1. The molecule has 1 N–H and O–H groups in total. The summed E-state index contributed by atoms with van der Waals surface area (Å²) >= 11 is 0. The number of aromatic amines is 1. The summed E-state index contributed by atoms with van der Waals surface area (Å²) in [6.07, 6.45) is 3.86. The van der Waals surface area contributed by atoms with Gasteiger partial charge in [0.15, 0.2) is 0 Å². The van der Waals surface area contributed by atoms with Crippen molar-refractivity contribution in [1.29, 1.82) is 0 Å². The summed E-state index contributed by atoms with van der Waals surface area (Å²) in [5.41, 5.74) is 4.85. The van der Waals surface area contributed by atoms with Gasteiger partial charge in [-0.1, -0.05) is 36.4 Å². The molecule has 0 saturated carbocycles. The molecule has 0 spiro atoms. The number of nitrogens with zero attached hydrogens (tertiary/aromatic N) is 3. The second-order valence-electron chi connectivity index (χ2n) is 7.14. The Morgan fingerprint density at radius 1 is 0.815 bits per heavy atom. The highest BCUT2D eigenvalue weighted by molar-refractivity contribution is 6.17. The first-order valence-electron chi connectivity index (χ1n) is 9.17. The molecule has 0 aliphatic rings. The fraction of sp³-hybridized carbons (Fsp3) is 0.0870. The summed E-state index contributed by atoms with van der Waals surface area (Å²) in [4.78, 5) is 8.12. The average Bonchev–Trinajstić information content (AvgIpc) is 3.36. The van der Waals surface area contributed by atoms with Crippen LogP contribution in [0, 0.1) is 0 Å². The molecule has 27 heavy (non-hydrogen) atoms. The van der Waals surface area contributed by atoms with Gasteiger partial charge in [-0.25, -0.2) is 4.98 Å². The van der Waals surface area contributed by atoms with Gasteiger partial charge in [-0.15, -0.1) is 0 Å². The number of aryl methyl sites for hydroxylation is 1. The van der Waals surface area contributed by atoms with Crippen molar-refractivity contribution in [2.24, 2.45) is 7.05 Å². The molecular formula is C23H18N4. The van der Waals surface area contributed by atoms with Crippen LogP contribution in [0.4, 0.5) is 0 Å². The van der Waals surface area contributed by atoms with Crippen LogP contribution in [0.5, 0.6) is 0 Å². The maximum absolute atomic E-state index is 4.54. The number of H-pyrrole nitrogens is 1. The second-order valence-corrected chi connectivity index (χ2v) is 7.14. The molecule has 4 nitrogen and oxygen atoms in total. The summed E-state index contributed by atoms with van der Waals surface area (Å²) in [7, 11) is 2.05. The van der Waals surface area contributed by atoms with Crippen LogP contribution in [-0.4, -0.2) is 19.1 Å². The first-order chi connectivity index (χ1) is 13.3. The van der Waals surface area contributed by atoms with Crippen molar-refractivity contribution in [2.45, 2.75) is 6.54 Å². The van der Waals surface area contributed by atoms with Crippen LogP contribution in [0.25, 0.3) is 43.6 Å². The third-order valence-electron chi connectivity index (χ3n) is 5.62. The van der Waals surface area contributed by atoms with Gasteiger partial charge in [0.2, 0.25) is 0 Å². The van der Waals surface area contributed by atoms with E-state index in [1.165, 1.54) is 43.6 Å². The van der Waals surface area contributed by atoms with Crippen molar-refractivity contribution >= 4 is 43.6 Å². The lowest BCUT2D eigenvalue weighted by molar-refractivity contribution is 0.732. The molecular weight excluding hydrogens is 332 g/mol. The molecule has 0 amide bonds. The number of hydrogen-bond donors (Lipinski definition) is 1. The van der Waals surface area contributed by atoms with Gasteiger partial charge in [-0.05, 0) is 24.3 Å². The molecule has 3 aromatic heterocycles. The quantitative estimate of drug-likeness (QED) is 0.457. The number of aromatic nitrogens is 4. The molecule has 3 aromatic carbocycles. The lowest BCUT2D eigenvalue weighted by Gasteiger charge is -2.08.